The van der Waals surface area contributed by atoms with Crippen LogP contribution in [-0.4, -0.2) is 29.9 Å². The van der Waals surface area contributed by atoms with Crippen LogP contribution in [0.3, 0.4) is 0 Å². The van der Waals surface area contributed by atoms with Gasteiger partial charge in [-0.2, -0.15) is 0 Å². The third-order valence-electron chi connectivity index (χ3n) is 3.60. The first-order valence-electron chi connectivity index (χ1n) is 5.75. The highest BCUT2D eigenvalue weighted by Crippen LogP contribution is 2.45. The molecule has 2 fully saturated rings. The Kier molecular flexibility index (Phi) is 3.10. The Morgan fingerprint density at radius 3 is 3.06 bits per heavy atom. The molecule has 0 bridgehead atoms. The largest absolute Gasteiger partial charge is 0.464 e. The molecule has 1 amide bonds. The van der Waals surface area contributed by atoms with E-state index in [-0.39, 0.29) is 12.5 Å². The molecule has 1 aliphatic carbocycles. The fourth-order valence-corrected chi connectivity index (χ4v) is 3.21. The van der Waals surface area contributed by atoms with E-state index >= 15 is 0 Å². The van der Waals surface area contributed by atoms with Crippen LogP contribution in [-0.2, 0) is 14.3 Å². The normalized spacial score (nSPS) is 37.8. The average Bonchev–Trinajstić information content (AvgIpc) is 2.73. The number of piperidine rings is 1. The summed E-state index contributed by atoms with van der Waals surface area (Å²) in [4.78, 5) is 22.2. The number of fused-ring (bicyclic) bond motifs is 1. The van der Waals surface area contributed by atoms with Gasteiger partial charge in [-0.05, 0) is 25.7 Å². The van der Waals surface area contributed by atoms with Gasteiger partial charge in [-0.1, -0.05) is 18.0 Å². The van der Waals surface area contributed by atoms with Crippen LogP contribution in [0.2, 0.25) is 0 Å². The first kappa shape index (κ1) is 11.7. The van der Waals surface area contributed by atoms with Gasteiger partial charge in [0.15, 0.2) is 0 Å². The van der Waals surface area contributed by atoms with Gasteiger partial charge in [0.1, 0.15) is 0 Å². The van der Waals surface area contributed by atoms with Crippen molar-refractivity contribution < 1.29 is 14.3 Å². The molecule has 2 rings (SSSR count). The molecule has 5 heteroatoms. The third-order valence-corrected chi connectivity index (χ3v) is 4.20. The Hall–Kier alpha value is -0.770. The summed E-state index contributed by atoms with van der Waals surface area (Å²) in [7, 11) is 0. The van der Waals surface area contributed by atoms with Crippen molar-refractivity contribution in [3.05, 3.63) is 0 Å². The van der Waals surface area contributed by atoms with E-state index in [1.165, 1.54) is 0 Å². The van der Waals surface area contributed by atoms with E-state index in [1.54, 1.807) is 6.92 Å². The van der Waals surface area contributed by atoms with Crippen molar-refractivity contribution in [3.63, 3.8) is 0 Å². The Morgan fingerprint density at radius 1 is 1.62 bits per heavy atom. The molecular formula is C11H16ClNO3. The van der Waals surface area contributed by atoms with E-state index in [1.807, 2.05) is 0 Å². The van der Waals surface area contributed by atoms with Gasteiger partial charge in [0.05, 0.1) is 6.61 Å². The summed E-state index contributed by atoms with van der Waals surface area (Å²) in [5.41, 5.74) is 0. The zero-order chi connectivity index (χ0) is 11.8. The van der Waals surface area contributed by atoms with Crippen LogP contribution in [0.5, 0.6) is 0 Å². The van der Waals surface area contributed by atoms with Crippen molar-refractivity contribution in [1.82, 2.24) is 5.32 Å². The summed E-state index contributed by atoms with van der Waals surface area (Å²) in [5.74, 6) is -0.733. The van der Waals surface area contributed by atoms with Gasteiger partial charge in [0.2, 0.25) is 4.87 Å². The maximum absolute atomic E-state index is 11.9. The van der Waals surface area contributed by atoms with Crippen molar-refractivity contribution in [1.29, 1.82) is 0 Å². The standard InChI is InChI=1S/C11H16ClNO3/c1-2-16-10(15)11(12)8-5-3-4-7(8)6-13-9(11)14/h7-8H,2-6H2,1H3,(H,13,14). The Labute approximate surface area is 99.7 Å². The number of hydrogen-bond acceptors (Lipinski definition) is 3. The molecular weight excluding hydrogens is 230 g/mol. The molecule has 0 aromatic carbocycles. The van der Waals surface area contributed by atoms with Crippen molar-refractivity contribution in [2.24, 2.45) is 11.8 Å². The van der Waals surface area contributed by atoms with Gasteiger partial charge in [0, 0.05) is 12.5 Å². The summed E-state index contributed by atoms with van der Waals surface area (Å²) in [5, 5.41) is 2.71. The molecule has 90 valence electrons. The number of alkyl halides is 1. The molecule has 3 unspecified atom stereocenters. The molecule has 0 aromatic rings. The highest BCUT2D eigenvalue weighted by atomic mass is 35.5. The van der Waals surface area contributed by atoms with Crippen molar-refractivity contribution in [2.75, 3.05) is 13.2 Å². The average molecular weight is 246 g/mol. The monoisotopic (exact) mass is 245 g/mol. The fraction of sp³-hybridized carbons (Fsp3) is 0.818. The Balaban J connectivity index is 2.26. The van der Waals surface area contributed by atoms with Gasteiger partial charge in [-0.3, -0.25) is 4.79 Å². The van der Waals surface area contributed by atoms with Crippen molar-refractivity contribution >= 4 is 23.5 Å². The zero-order valence-corrected chi connectivity index (χ0v) is 10.0. The van der Waals surface area contributed by atoms with Gasteiger partial charge in [0.25, 0.3) is 5.91 Å². The number of carbonyl (C=O) groups is 2. The van der Waals surface area contributed by atoms with E-state index < -0.39 is 16.8 Å². The molecule has 0 aromatic heterocycles. The van der Waals surface area contributed by atoms with E-state index in [9.17, 15) is 9.59 Å². The number of carbonyl (C=O) groups excluding carboxylic acids is 2. The van der Waals surface area contributed by atoms with Crippen molar-refractivity contribution in [2.45, 2.75) is 31.1 Å². The SMILES string of the molecule is CCOC(=O)C1(Cl)C(=O)NCC2CCCC21. The summed E-state index contributed by atoms with van der Waals surface area (Å²) in [6.45, 7) is 2.60. The lowest BCUT2D eigenvalue weighted by Crippen LogP contribution is -2.60. The molecule has 1 heterocycles. The topological polar surface area (TPSA) is 55.4 Å². The minimum atomic E-state index is -1.49. The third kappa shape index (κ3) is 1.59. The van der Waals surface area contributed by atoms with Crippen LogP contribution in [0, 0.1) is 11.8 Å². The molecule has 4 nitrogen and oxygen atoms in total. The molecule has 1 saturated carbocycles. The summed E-state index contributed by atoms with van der Waals surface area (Å²) in [6.07, 6.45) is 2.89. The molecule has 1 saturated heterocycles. The number of rotatable bonds is 2. The van der Waals surface area contributed by atoms with Crippen LogP contribution in [0.4, 0.5) is 0 Å². The molecule has 3 atom stereocenters. The summed E-state index contributed by atoms with van der Waals surface area (Å²) < 4.78 is 4.93. The lowest BCUT2D eigenvalue weighted by atomic mass is 9.79. The molecule has 1 N–H and O–H groups in total. The fourth-order valence-electron chi connectivity index (χ4n) is 2.81. The van der Waals surface area contributed by atoms with Crippen LogP contribution in [0.1, 0.15) is 26.2 Å². The first-order chi connectivity index (χ1) is 7.60. The predicted octanol–water partition coefficient (Wildman–Crippen LogP) is 1.07. The van der Waals surface area contributed by atoms with Gasteiger partial charge in [-0.15, -0.1) is 0 Å². The highest BCUT2D eigenvalue weighted by molar-refractivity contribution is 6.46. The number of hydrogen-bond donors (Lipinski definition) is 1. The number of nitrogens with one attached hydrogen (secondary N) is 1. The van der Waals surface area contributed by atoms with Crippen LogP contribution < -0.4 is 5.32 Å². The second-order valence-corrected chi connectivity index (χ2v) is 5.04. The van der Waals surface area contributed by atoms with Gasteiger partial charge >= 0.3 is 5.97 Å². The number of amides is 1. The smallest absolute Gasteiger partial charge is 0.337 e. The van der Waals surface area contributed by atoms with E-state index in [4.69, 9.17) is 16.3 Å². The van der Waals surface area contributed by atoms with E-state index in [0.717, 1.165) is 19.3 Å². The van der Waals surface area contributed by atoms with E-state index in [0.29, 0.717) is 12.5 Å². The van der Waals surface area contributed by atoms with Gasteiger partial charge in [-0.25, -0.2) is 4.79 Å². The molecule has 0 spiro atoms. The van der Waals surface area contributed by atoms with E-state index in [2.05, 4.69) is 5.32 Å². The van der Waals surface area contributed by atoms with Crippen LogP contribution in [0.25, 0.3) is 0 Å². The number of halogens is 1. The summed E-state index contributed by atoms with van der Waals surface area (Å²) >= 11 is 6.27. The van der Waals surface area contributed by atoms with Crippen LogP contribution in [0.15, 0.2) is 0 Å². The lowest BCUT2D eigenvalue weighted by Gasteiger charge is -2.37. The second kappa shape index (κ2) is 4.24. The highest BCUT2D eigenvalue weighted by Gasteiger charge is 2.58. The zero-order valence-electron chi connectivity index (χ0n) is 9.29. The maximum atomic E-state index is 11.9. The van der Waals surface area contributed by atoms with Crippen molar-refractivity contribution in [3.8, 4) is 0 Å². The molecule has 0 radical (unpaired) electrons. The maximum Gasteiger partial charge on any atom is 0.337 e. The molecule has 16 heavy (non-hydrogen) atoms. The second-order valence-electron chi connectivity index (χ2n) is 4.44. The lowest BCUT2D eigenvalue weighted by molar-refractivity contribution is -0.154. The molecule has 2 aliphatic rings. The first-order valence-corrected chi connectivity index (χ1v) is 6.13. The molecule has 1 aliphatic heterocycles. The minimum Gasteiger partial charge on any atom is -0.464 e. The number of esters is 1. The summed E-state index contributed by atoms with van der Waals surface area (Å²) in [6, 6.07) is 0. The minimum absolute atomic E-state index is 0.0676. The van der Waals surface area contributed by atoms with Crippen LogP contribution >= 0.6 is 11.6 Å². The Bertz CT molecular complexity index is 320. The number of ether oxygens (including phenoxy) is 1. The predicted molar refractivity (Wildman–Crippen MR) is 59.1 cm³/mol. The quantitative estimate of drug-likeness (QED) is 0.450. The Morgan fingerprint density at radius 2 is 2.38 bits per heavy atom. The van der Waals surface area contributed by atoms with Gasteiger partial charge < -0.3 is 10.1 Å².